The molecule has 0 saturated heterocycles. The first-order valence-electron chi connectivity index (χ1n) is 5.87. The number of rotatable bonds is 5. The summed E-state index contributed by atoms with van der Waals surface area (Å²) in [6.07, 6.45) is 0.151. The zero-order valence-corrected chi connectivity index (χ0v) is 11.1. The van der Waals surface area contributed by atoms with Crippen LogP contribution in [0, 0.1) is 0 Å². The summed E-state index contributed by atoms with van der Waals surface area (Å²) in [6.45, 7) is -2.91. The van der Waals surface area contributed by atoms with Gasteiger partial charge in [-0.15, -0.1) is 0 Å². The van der Waals surface area contributed by atoms with E-state index >= 15 is 0 Å². The quantitative estimate of drug-likeness (QED) is 0.766. The fourth-order valence-corrected chi connectivity index (χ4v) is 1.99. The third kappa shape index (κ3) is 4.03. The van der Waals surface area contributed by atoms with Crippen molar-refractivity contribution in [2.24, 2.45) is 0 Å². The van der Waals surface area contributed by atoms with Crippen LogP contribution in [0.1, 0.15) is 15.9 Å². The number of halogens is 3. The van der Waals surface area contributed by atoms with Gasteiger partial charge in [0.15, 0.2) is 5.78 Å². The number of alkyl halides is 2. The highest BCUT2D eigenvalue weighted by molar-refractivity contribution is 6.30. The van der Waals surface area contributed by atoms with Gasteiger partial charge >= 0.3 is 6.61 Å². The molecular weight excluding hydrogens is 286 g/mol. The third-order valence-corrected chi connectivity index (χ3v) is 2.87. The fourth-order valence-electron chi connectivity index (χ4n) is 1.78. The standard InChI is InChI=1S/C15H11ClF2O2/c16-12-5-1-3-10(7-12)8-14(19)11-4-2-6-13(9-11)20-15(17)18/h1-7,9,15H,8H2. The molecule has 0 bridgehead atoms. The fraction of sp³-hybridized carbons (Fsp3) is 0.133. The third-order valence-electron chi connectivity index (χ3n) is 2.63. The number of benzene rings is 2. The topological polar surface area (TPSA) is 26.3 Å². The first-order chi connectivity index (χ1) is 9.54. The number of Topliss-reactive ketones (excluding diaryl/α,β-unsaturated/α-hetero) is 1. The van der Waals surface area contributed by atoms with Crippen LogP contribution < -0.4 is 4.74 Å². The Morgan fingerprint density at radius 1 is 1.15 bits per heavy atom. The van der Waals surface area contributed by atoms with Crippen molar-refractivity contribution in [3.8, 4) is 5.75 Å². The van der Waals surface area contributed by atoms with Crippen LogP contribution in [-0.4, -0.2) is 12.4 Å². The normalized spacial score (nSPS) is 10.6. The molecule has 0 N–H and O–H groups in total. The highest BCUT2D eigenvalue weighted by Crippen LogP contribution is 2.18. The van der Waals surface area contributed by atoms with Crippen LogP contribution in [0.4, 0.5) is 8.78 Å². The van der Waals surface area contributed by atoms with Crippen LogP contribution in [0.15, 0.2) is 48.5 Å². The summed E-state index contributed by atoms with van der Waals surface area (Å²) < 4.78 is 28.5. The monoisotopic (exact) mass is 296 g/mol. The number of carbonyl (C=O) groups excluding carboxylic acids is 1. The molecule has 0 aliphatic carbocycles. The minimum Gasteiger partial charge on any atom is -0.435 e. The van der Waals surface area contributed by atoms with Crippen LogP contribution in [-0.2, 0) is 6.42 Å². The predicted molar refractivity (Wildman–Crippen MR) is 72.6 cm³/mol. The molecule has 2 aromatic carbocycles. The Balaban J connectivity index is 2.13. The lowest BCUT2D eigenvalue weighted by Gasteiger charge is -2.06. The summed E-state index contributed by atoms with van der Waals surface area (Å²) in [6, 6.07) is 12.7. The first-order valence-corrected chi connectivity index (χ1v) is 6.25. The van der Waals surface area contributed by atoms with Gasteiger partial charge in [0.2, 0.25) is 0 Å². The molecule has 0 aliphatic rings. The molecule has 0 saturated carbocycles. The van der Waals surface area contributed by atoms with Gasteiger partial charge < -0.3 is 4.74 Å². The number of hydrogen-bond donors (Lipinski definition) is 0. The number of ketones is 1. The van der Waals surface area contributed by atoms with E-state index in [2.05, 4.69) is 4.74 Å². The summed E-state index contributed by atoms with van der Waals surface area (Å²) in [5.41, 5.74) is 1.09. The molecule has 0 unspecified atom stereocenters. The van der Waals surface area contributed by atoms with Gasteiger partial charge in [0, 0.05) is 17.0 Å². The largest absolute Gasteiger partial charge is 0.435 e. The van der Waals surface area contributed by atoms with E-state index in [0.29, 0.717) is 10.6 Å². The summed E-state index contributed by atoms with van der Waals surface area (Å²) in [5, 5.41) is 0.546. The molecule has 0 fully saturated rings. The van der Waals surface area contributed by atoms with Crippen LogP contribution in [0.25, 0.3) is 0 Å². The van der Waals surface area contributed by atoms with Gasteiger partial charge in [0.05, 0.1) is 0 Å². The van der Waals surface area contributed by atoms with E-state index in [4.69, 9.17) is 11.6 Å². The smallest absolute Gasteiger partial charge is 0.387 e. The zero-order valence-electron chi connectivity index (χ0n) is 10.4. The summed E-state index contributed by atoms with van der Waals surface area (Å²) >= 11 is 5.84. The van der Waals surface area contributed by atoms with Gasteiger partial charge in [0.1, 0.15) is 5.75 Å². The van der Waals surface area contributed by atoms with Gasteiger partial charge in [-0.05, 0) is 29.8 Å². The van der Waals surface area contributed by atoms with Crippen molar-refractivity contribution < 1.29 is 18.3 Å². The summed E-state index contributed by atoms with van der Waals surface area (Å²) in [4.78, 5) is 12.1. The van der Waals surface area contributed by atoms with E-state index in [1.54, 1.807) is 30.3 Å². The zero-order chi connectivity index (χ0) is 14.5. The number of hydrogen-bond acceptors (Lipinski definition) is 2. The number of ether oxygens (including phenoxy) is 1. The van der Waals surface area contributed by atoms with Gasteiger partial charge in [-0.1, -0.05) is 35.9 Å². The van der Waals surface area contributed by atoms with Crippen LogP contribution in [0.5, 0.6) is 5.75 Å². The maximum Gasteiger partial charge on any atom is 0.387 e. The Morgan fingerprint density at radius 3 is 2.60 bits per heavy atom. The average Bonchev–Trinajstić information content (AvgIpc) is 2.38. The van der Waals surface area contributed by atoms with Crippen molar-refractivity contribution in [1.82, 2.24) is 0 Å². The molecule has 5 heteroatoms. The molecule has 20 heavy (non-hydrogen) atoms. The maximum atomic E-state index is 12.1. The van der Waals surface area contributed by atoms with Crippen LogP contribution in [0.3, 0.4) is 0 Å². The van der Waals surface area contributed by atoms with Gasteiger partial charge in [-0.2, -0.15) is 8.78 Å². The SMILES string of the molecule is O=C(Cc1cccc(Cl)c1)c1cccc(OC(F)F)c1. The lowest BCUT2D eigenvalue weighted by atomic mass is 10.0. The van der Waals surface area contributed by atoms with Gasteiger partial charge in [0.25, 0.3) is 0 Å². The molecule has 0 heterocycles. The Morgan fingerprint density at radius 2 is 1.90 bits per heavy atom. The molecule has 0 aromatic heterocycles. The average molecular weight is 297 g/mol. The second-order valence-corrected chi connectivity index (χ2v) is 4.57. The van der Waals surface area contributed by atoms with E-state index in [-0.39, 0.29) is 18.0 Å². The van der Waals surface area contributed by atoms with Crippen LogP contribution in [0.2, 0.25) is 5.02 Å². The van der Waals surface area contributed by atoms with E-state index < -0.39 is 6.61 Å². The molecule has 0 amide bonds. The van der Waals surface area contributed by atoms with E-state index in [1.165, 1.54) is 18.2 Å². The molecule has 2 nitrogen and oxygen atoms in total. The molecule has 0 spiro atoms. The molecule has 0 radical (unpaired) electrons. The first kappa shape index (κ1) is 14.5. The van der Waals surface area contributed by atoms with Crippen molar-refractivity contribution in [1.29, 1.82) is 0 Å². The second-order valence-electron chi connectivity index (χ2n) is 4.14. The van der Waals surface area contributed by atoms with Gasteiger partial charge in [-0.25, -0.2) is 0 Å². The van der Waals surface area contributed by atoms with Crippen molar-refractivity contribution >= 4 is 17.4 Å². The predicted octanol–water partition coefficient (Wildman–Crippen LogP) is 4.37. The minimum atomic E-state index is -2.91. The summed E-state index contributed by atoms with van der Waals surface area (Å²) in [7, 11) is 0. The van der Waals surface area contributed by atoms with Crippen molar-refractivity contribution in [3.05, 3.63) is 64.7 Å². The van der Waals surface area contributed by atoms with Crippen molar-refractivity contribution in [2.75, 3.05) is 0 Å². The second kappa shape index (κ2) is 6.48. The molecule has 104 valence electrons. The molecule has 2 rings (SSSR count). The highest BCUT2D eigenvalue weighted by atomic mass is 35.5. The van der Waals surface area contributed by atoms with Crippen molar-refractivity contribution in [3.63, 3.8) is 0 Å². The minimum absolute atomic E-state index is 0.0306. The molecule has 0 atom stereocenters. The molecule has 2 aromatic rings. The van der Waals surface area contributed by atoms with Gasteiger partial charge in [-0.3, -0.25) is 4.79 Å². The molecular formula is C15H11ClF2O2. The Bertz CT molecular complexity index is 614. The van der Waals surface area contributed by atoms with Crippen molar-refractivity contribution in [2.45, 2.75) is 13.0 Å². The Hall–Kier alpha value is -1.94. The lowest BCUT2D eigenvalue weighted by molar-refractivity contribution is -0.0498. The summed E-state index contributed by atoms with van der Waals surface area (Å²) in [5.74, 6) is -0.219. The highest BCUT2D eigenvalue weighted by Gasteiger charge is 2.10. The Kier molecular flexibility index (Phi) is 4.69. The van der Waals surface area contributed by atoms with E-state index in [9.17, 15) is 13.6 Å². The van der Waals surface area contributed by atoms with Crippen LogP contribution >= 0.6 is 11.6 Å². The van der Waals surface area contributed by atoms with E-state index in [0.717, 1.165) is 5.56 Å². The Labute approximate surface area is 119 Å². The molecule has 0 aliphatic heterocycles. The maximum absolute atomic E-state index is 12.1. The van der Waals surface area contributed by atoms with E-state index in [1.807, 2.05) is 0 Å². The lowest BCUT2D eigenvalue weighted by Crippen LogP contribution is -2.06. The number of carbonyl (C=O) groups is 1.